The number of ether oxygens (including phenoxy) is 1. The number of alkyl halides is 1. The molecular weight excluding hydrogens is 940 g/mol. The van der Waals surface area contributed by atoms with Gasteiger partial charge in [-0.25, -0.2) is 19.2 Å². The number of likely N-dealkylation sites (N-methyl/N-ethyl adjacent to an activating group) is 1. The number of carbonyl (C=O) groups excluding carboxylic acids is 14. The van der Waals surface area contributed by atoms with Crippen molar-refractivity contribution in [2.75, 3.05) is 96.2 Å². The first-order chi connectivity index (χ1) is 31.5. The van der Waals surface area contributed by atoms with Crippen molar-refractivity contribution in [3.8, 4) is 0 Å². The van der Waals surface area contributed by atoms with E-state index in [1.54, 1.807) is 32.8 Å². The molecule has 4 heterocycles. The van der Waals surface area contributed by atoms with Crippen molar-refractivity contribution in [3.63, 3.8) is 0 Å². The number of halogens is 1. The van der Waals surface area contributed by atoms with E-state index in [1.165, 1.54) is 54.2 Å². The van der Waals surface area contributed by atoms with Gasteiger partial charge in [0, 0.05) is 73.9 Å². The van der Waals surface area contributed by atoms with Gasteiger partial charge in [-0.1, -0.05) is 17.7 Å². The molecule has 0 atom stereocenters. The Hall–Kier alpha value is -6.80. The number of rotatable bonds is 10. The minimum atomic E-state index is -1.27. The number of carbonyl (C=O) groups is 14. The minimum Gasteiger partial charge on any atom is -0.454 e. The van der Waals surface area contributed by atoms with Gasteiger partial charge < -0.3 is 14.5 Å². The second-order valence-electron chi connectivity index (χ2n) is 15.3. The molecule has 27 heteroatoms. The molecule has 0 bridgehead atoms. The second kappa shape index (κ2) is 24.8. The van der Waals surface area contributed by atoms with Crippen molar-refractivity contribution in [2.24, 2.45) is 5.92 Å². The molecule has 68 heavy (non-hydrogen) atoms. The fourth-order valence-electron chi connectivity index (χ4n) is 5.97. The first-order valence-corrected chi connectivity index (χ1v) is 21.7. The molecule has 4 fully saturated rings. The van der Waals surface area contributed by atoms with Crippen molar-refractivity contribution >= 4 is 107 Å². The summed E-state index contributed by atoms with van der Waals surface area (Å²) in [5, 5.41) is -2.16. The number of hydrogen-bond donors (Lipinski definition) is 0. The maximum absolute atomic E-state index is 12.0. The fourth-order valence-corrected chi connectivity index (χ4v) is 7.35. The monoisotopic (exact) mass is 994 g/mol. The van der Waals surface area contributed by atoms with Crippen LogP contribution in [0.15, 0.2) is 29.2 Å². The molecule has 4 aliphatic rings. The first-order valence-electron chi connectivity index (χ1n) is 20.4. The molecule has 372 valence electrons. The second-order valence-corrected chi connectivity index (χ2v) is 17.0. The summed E-state index contributed by atoms with van der Waals surface area (Å²) in [4.78, 5) is 172. The quantitative estimate of drug-likeness (QED) is 0.163. The van der Waals surface area contributed by atoms with E-state index in [9.17, 15) is 67.1 Å². The summed E-state index contributed by atoms with van der Waals surface area (Å²) in [6.45, 7) is 5.77. The Kier molecular flexibility index (Phi) is 20.9. The van der Waals surface area contributed by atoms with Gasteiger partial charge in [-0.2, -0.15) is 0 Å². The van der Waals surface area contributed by atoms with E-state index in [4.69, 9.17) is 16.3 Å². The largest absolute Gasteiger partial charge is 0.454 e. The molecule has 0 aromatic heterocycles. The zero-order valence-electron chi connectivity index (χ0n) is 39.7. The lowest BCUT2D eigenvalue weighted by Gasteiger charge is -2.33. The van der Waals surface area contributed by atoms with Crippen LogP contribution in [0.4, 0.5) is 19.2 Å². The number of hydrogen-bond acceptors (Lipinski definition) is 17. The fraction of sp³-hybridized carbons (Fsp3) is 0.512. The number of benzene rings is 1. The van der Waals surface area contributed by atoms with Gasteiger partial charge >= 0.3 is 30.1 Å². The first kappa shape index (κ1) is 57.3. The van der Waals surface area contributed by atoms with Crippen LogP contribution in [0.2, 0.25) is 0 Å². The number of nitrogens with zero attached hydrogens (tertiary/aromatic N) is 10. The summed E-state index contributed by atoms with van der Waals surface area (Å²) >= 11 is 6.60. The summed E-state index contributed by atoms with van der Waals surface area (Å²) in [6.07, 6.45) is -0.478. The van der Waals surface area contributed by atoms with E-state index in [2.05, 4.69) is 0 Å². The molecule has 0 spiro atoms. The summed E-state index contributed by atoms with van der Waals surface area (Å²) in [6, 6.07) is 4.86. The lowest BCUT2D eigenvalue weighted by atomic mass is 10.0. The lowest BCUT2D eigenvalue weighted by molar-refractivity contribution is -0.155. The zero-order chi connectivity index (χ0) is 52.2. The highest BCUT2D eigenvalue weighted by atomic mass is 35.5. The van der Waals surface area contributed by atoms with E-state index < -0.39 is 113 Å². The van der Waals surface area contributed by atoms with Gasteiger partial charge in [0.15, 0.2) is 17.2 Å². The van der Waals surface area contributed by atoms with Crippen LogP contribution in [0.3, 0.4) is 0 Å². The summed E-state index contributed by atoms with van der Waals surface area (Å²) in [5.74, 6) is -6.57. The topological polar surface area (TPSA) is 281 Å². The zero-order valence-corrected chi connectivity index (χ0v) is 41.2. The van der Waals surface area contributed by atoms with Crippen molar-refractivity contribution in [2.45, 2.75) is 42.7 Å². The molecule has 0 saturated carbocycles. The molecule has 4 aliphatic heterocycles. The maximum Gasteiger partial charge on any atom is 0.333 e. The van der Waals surface area contributed by atoms with E-state index in [1.807, 2.05) is 31.2 Å². The predicted molar refractivity (Wildman–Crippen MR) is 239 cm³/mol. The van der Waals surface area contributed by atoms with Crippen LogP contribution in [0.5, 0.6) is 0 Å². The average molecular weight is 995 g/mol. The molecule has 4 saturated heterocycles. The van der Waals surface area contributed by atoms with Crippen molar-refractivity contribution in [3.05, 3.63) is 29.8 Å². The Balaban J connectivity index is 0.000000318. The normalized spacial score (nSPS) is 17.7. The van der Waals surface area contributed by atoms with Crippen LogP contribution < -0.4 is 0 Å². The molecule has 17 amide bonds. The third-order valence-corrected chi connectivity index (χ3v) is 11.8. The van der Waals surface area contributed by atoms with Crippen molar-refractivity contribution in [1.29, 1.82) is 0 Å². The van der Waals surface area contributed by atoms with Crippen LogP contribution in [0, 0.1) is 12.8 Å². The lowest BCUT2D eigenvalue weighted by Crippen LogP contribution is -2.58. The van der Waals surface area contributed by atoms with E-state index in [-0.39, 0.29) is 5.91 Å². The van der Waals surface area contributed by atoms with E-state index in [0.717, 1.165) is 56.5 Å². The Labute approximate surface area is 401 Å². The molecule has 0 radical (unpaired) electrons. The summed E-state index contributed by atoms with van der Waals surface area (Å²) in [5.41, 5.74) is 1.11. The highest BCUT2D eigenvalue weighted by Crippen LogP contribution is 2.29. The Morgan fingerprint density at radius 2 is 1.03 bits per heavy atom. The predicted octanol–water partition coefficient (Wildman–Crippen LogP) is -0.426. The highest BCUT2D eigenvalue weighted by molar-refractivity contribution is 8.01. The van der Waals surface area contributed by atoms with Crippen molar-refractivity contribution < 1.29 is 71.9 Å². The van der Waals surface area contributed by atoms with Gasteiger partial charge in [0.2, 0.25) is 23.6 Å². The Morgan fingerprint density at radius 3 is 1.44 bits per heavy atom. The Morgan fingerprint density at radius 1 is 0.618 bits per heavy atom. The number of thioether (sulfide) groups is 1. The number of barbiturate groups is 4. The van der Waals surface area contributed by atoms with Crippen LogP contribution in [0.1, 0.15) is 25.8 Å². The molecule has 5 rings (SSSR count). The summed E-state index contributed by atoms with van der Waals surface area (Å²) in [7, 11) is 12.9. The highest BCUT2D eigenvalue weighted by Gasteiger charge is 2.44. The third kappa shape index (κ3) is 13.9. The smallest absolute Gasteiger partial charge is 0.333 e. The van der Waals surface area contributed by atoms with Crippen LogP contribution >= 0.6 is 23.4 Å². The minimum absolute atomic E-state index is 0.319. The van der Waals surface area contributed by atoms with Crippen LogP contribution in [0.25, 0.3) is 0 Å². The van der Waals surface area contributed by atoms with Gasteiger partial charge in [-0.05, 0) is 47.0 Å². The van der Waals surface area contributed by atoms with Gasteiger partial charge in [0.05, 0.1) is 0 Å². The number of amides is 17. The van der Waals surface area contributed by atoms with Gasteiger partial charge in [0.25, 0.3) is 29.5 Å². The van der Waals surface area contributed by atoms with Crippen LogP contribution in [-0.2, 0) is 52.7 Å². The number of aryl methyl sites for hydroxylation is 1. The molecule has 0 unspecified atom stereocenters. The van der Waals surface area contributed by atoms with E-state index in [0.29, 0.717) is 24.5 Å². The summed E-state index contributed by atoms with van der Waals surface area (Å²) < 4.78 is 4.77. The molecule has 1 aromatic carbocycles. The molecule has 1 aromatic rings. The van der Waals surface area contributed by atoms with Gasteiger partial charge in [-0.3, -0.25) is 87.1 Å². The Bertz CT molecular complexity index is 2110. The number of imide groups is 8. The molecule has 0 aliphatic carbocycles. The number of urea groups is 4. The SMILES string of the molecule is CCN(CC)C(=O)COC(=O)CN1C(=O)CC(=O)N(C)C1=O.CN(C)CC1C(=O)N(C)C(=O)N(C)C1=O.CN1C(=O)C(Cl)C(=O)N(C)C1=O.Cc1ccc(SC2C(=O)N(C)C(=O)N(C)C2=O)cc1. The molecular formula is C41H55ClN10O15S. The third-order valence-electron chi connectivity index (χ3n) is 10.3. The average Bonchev–Trinajstić information content (AvgIpc) is 3.31. The molecule has 0 N–H and O–H groups in total. The van der Waals surface area contributed by atoms with Crippen molar-refractivity contribution in [1.82, 2.24) is 49.0 Å². The maximum atomic E-state index is 12.0. The van der Waals surface area contributed by atoms with E-state index >= 15 is 0 Å². The van der Waals surface area contributed by atoms with Gasteiger partial charge in [0.1, 0.15) is 18.9 Å². The number of esters is 1. The van der Waals surface area contributed by atoms with Crippen LogP contribution in [-0.4, -0.2) is 239 Å². The van der Waals surface area contributed by atoms with Gasteiger partial charge in [-0.15, -0.1) is 23.4 Å². The standard InChI is InChI=1S/C13H19N3O6.C13H14N2O3S.C9H15N3O3.C6H7ClN2O3/c1-4-15(5-2)11(19)8-22-12(20)7-16-10(18)6-9(17)14(3)13(16)21;1-8-4-6-9(7-5-8)19-10-11(16)14(2)13(18)15(3)12(10)17;1-10(2)5-6-7(13)11(3)9(15)12(4)8(6)14;1-8-4(10)3(7)5(11)9(2)6(8)12/h4-8H2,1-3H3;4-7,10H,1-3H3;6H,5H2,1-4H3;3H,1-2H3. The molecule has 25 nitrogen and oxygen atoms in total.